The summed E-state index contributed by atoms with van der Waals surface area (Å²) in [6, 6.07) is 1.69. The van der Waals surface area contributed by atoms with Crippen molar-refractivity contribution in [3.63, 3.8) is 0 Å². The molecule has 100 valence electrons. The predicted molar refractivity (Wildman–Crippen MR) is 66.4 cm³/mol. The van der Waals surface area contributed by atoms with E-state index in [-0.39, 0.29) is 12.5 Å². The van der Waals surface area contributed by atoms with E-state index in [2.05, 4.69) is 10.4 Å². The third kappa shape index (κ3) is 3.32. The second-order valence-electron chi connectivity index (χ2n) is 4.14. The summed E-state index contributed by atoms with van der Waals surface area (Å²) in [4.78, 5) is 22.8. The van der Waals surface area contributed by atoms with E-state index in [9.17, 15) is 9.59 Å². The molecule has 0 radical (unpaired) electrons. The summed E-state index contributed by atoms with van der Waals surface area (Å²) in [5.41, 5.74) is 1.24. The molecule has 0 aliphatic rings. The van der Waals surface area contributed by atoms with Crippen LogP contribution in [0.1, 0.15) is 36.5 Å². The predicted octanol–water partition coefficient (Wildman–Crippen LogP) is 1.05. The zero-order chi connectivity index (χ0) is 13.7. The maximum absolute atomic E-state index is 11.9. The van der Waals surface area contributed by atoms with Crippen molar-refractivity contribution in [1.29, 1.82) is 0 Å². The minimum Gasteiger partial charge on any atom is -0.481 e. The van der Waals surface area contributed by atoms with Crippen molar-refractivity contribution < 1.29 is 14.7 Å². The van der Waals surface area contributed by atoms with Crippen LogP contribution in [-0.4, -0.2) is 33.3 Å². The number of rotatable bonds is 6. The van der Waals surface area contributed by atoms with Gasteiger partial charge in [0.1, 0.15) is 5.69 Å². The molecule has 1 unspecified atom stereocenters. The van der Waals surface area contributed by atoms with Gasteiger partial charge in [0.2, 0.25) is 0 Å². The fourth-order valence-electron chi connectivity index (χ4n) is 1.68. The van der Waals surface area contributed by atoms with Gasteiger partial charge in [0, 0.05) is 13.1 Å². The van der Waals surface area contributed by atoms with E-state index < -0.39 is 11.9 Å². The summed E-state index contributed by atoms with van der Waals surface area (Å²) in [6.07, 6.45) is 0.488. The number of aliphatic carboxylic acids is 1. The molecule has 0 aliphatic carbocycles. The molecule has 0 spiro atoms. The van der Waals surface area contributed by atoms with Crippen LogP contribution in [0.4, 0.5) is 0 Å². The van der Waals surface area contributed by atoms with Crippen LogP contribution < -0.4 is 5.32 Å². The van der Waals surface area contributed by atoms with Gasteiger partial charge >= 0.3 is 5.97 Å². The van der Waals surface area contributed by atoms with Crippen molar-refractivity contribution in [3.05, 3.63) is 17.5 Å². The zero-order valence-corrected chi connectivity index (χ0v) is 10.9. The lowest BCUT2D eigenvalue weighted by atomic mass is 10.1. The fraction of sp³-hybridized carbons (Fsp3) is 0.583. The van der Waals surface area contributed by atoms with Gasteiger partial charge in [-0.15, -0.1) is 0 Å². The van der Waals surface area contributed by atoms with E-state index in [0.717, 1.165) is 5.69 Å². The molecular weight excluding hydrogens is 234 g/mol. The summed E-state index contributed by atoms with van der Waals surface area (Å²) in [5.74, 6) is -1.72. The number of hydrogen-bond donors (Lipinski definition) is 2. The third-order valence-electron chi connectivity index (χ3n) is 2.79. The summed E-state index contributed by atoms with van der Waals surface area (Å²) in [7, 11) is 0. The molecule has 0 bridgehead atoms. The quantitative estimate of drug-likeness (QED) is 0.793. The topological polar surface area (TPSA) is 84.2 Å². The van der Waals surface area contributed by atoms with Gasteiger partial charge < -0.3 is 10.4 Å². The van der Waals surface area contributed by atoms with Gasteiger partial charge in [-0.2, -0.15) is 5.10 Å². The highest BCUT2D eigenvalue weighted by Gasteiger charge is 2.18. The number of carbonyl (C=O) groups is 2. The van der Waals surface area contributed by atoms with Crippen LogP contribution in [0.3, 0.4) is 0 Å². The van der Waals surface area contributed by atoms with Crippen molar-refractivity contribution in [1.82, 2.24) is 15.1 Å². The van der Waals surface area contributed by atoms with E-state index in [0.29, 0.717) is 18.7 Å². The van der Waals surface area contributed by atoms with Crippen LogP contribution in [0.25, 0.3) is 0 Å². The monoisotopic (exact) mass is 253 g/mol. The number of carboxylic acid groups (broad SMARTS) is 1. The van der Waals surface area contributed by atoms with Gasteiger partial charge in [-0.1, -0.05) is 6.92 Å². The molecule has 18 heavy (non-hydrogen) atoms. The first-order chi connectivity index (χ1) is 8.49. The molecule has 6 heteroatoms. The molecule has 6 nitrogen and oxygen atoms in total. The zero-order valence-electron chi connectivity index (χ0n) is 10.9. The standard InChI is InChI=1S/C12H19N3O3/c1-4-9(12(17)18)7-13-11(16)10-6-8(3)14-15(10)5-2/h6,9H,4-5,7H2,1-3H3,(H,13,16)(H,17,18). The number of aryl methyl sites for hydroxylation is 2. The van der Waals surface area contributed by atoms with Gasteiger partial charge in [-0.3, -0.25) is 14.3 Å². The molecule has 1 amide bonds. The Morgan fingerprint density at radius 3 is 2.67 bits per heavy atom. The number of amides is 1. The molecule has 1 aromatic heterocycles. The maximum atomic E-state index is 11.9. The third-order valence-corrected chi connectivity index (χ3v) is 2.79. The highest BCUT2D eigenvalue weighted by Crippen LogP contribution is 2.05. The number of nitrogens with zero attached hydrogens (tertiary/aromatic N) is 2. The Labute approximate surface area is 106 Å². The van der Waals surface area contributed by atoms with E-state index in [4.69, 9.17) is 5.11 Å². The number of carboxylic acids is 1. The van der Waals surface area contributed by atoms with E-state index >= 15 is 0 Å². The second-order valence-corrected chi connectivity index (χ2v) is 4.14. The van der Waals surface area contributed by atoms with Crippen molar-refractivity contribution in [2.75, 3.05) is 6.54 Å². The van der Waals surface area contributed by atoms with Crippen LogP contribution in [0.15, 0.2) is 6.07 Å². The lowest BCUT2D eigenvalue weighted by molar-refractivity contribution is -0.141. The van der Waals surface area contributed by atoms with Crippen molar-refractivity contribution in [3.8, 4) is 0 Å². The molecule has 1 heterocycles. The smallest absolute Gasteiger partial charge is 0.308 e. The summed E-state index contributed by atoms with van der Waals surface area (Å²) in [6.45, 7) is 6.24. The summed E-state index contributed by atoms with van der Waals surface area (Å²) in [5, 5.41) is 15.7. The largest absolute Gasteiger partial charge is 0.481 e. The first-order valence-electron chi connectivity index (χ1n) is 6.05. The van der Waals surface area contributed by atoms with Gasteiger partial charge in [-0.25, -0.2) is 0 Å². The highest BCUT2D eigenvalue weighted by molar-refractivity contribution is 5.92. The Balaban J connectivity index is 2.67. The highest BCUT2D eigenvalue weighted by atomic mass is 16.4. The summed E-state index contributed by atoms with van der Waals surface area (Å²) >= 11 is 0. The molecule has 2 N–H and O–H groups in total. The molecule has 0 saturated heterocycles. The SMILES string of the molecule is CCC(CNC(=O)c1cc(C)nn1CC)C(=O)O. The van der Waals surface area contributed by atoms with Gasteiger partial charge in [0.25, 0.3) is 5.91 Å². The van der Waals surface area contributed by atoms with Crippen LogP contribution in [0, 0.1) is 12.8 Å². The van der Waals surface area contributed by atoms with Gasteiger partial charge in [0.05, 0.1) is 11.6 Å². The lowest BCUT2D eigenvalue weighted by Gasteiger charge is -2.11. The fourth-order valence-corrected chi connectivity index (χ4v) is 1.68. The van der Waals surface area contributed by atoms with E-state index in [1.165, 1.54) is 0 Å². The Hall–Kier alpha value is -1.85. The molecule has 1 atom stereocenters. The normalized spacial score (nSPS) is 12.2. The minimum atomic E-state index is -0.891. The minimum absolute atomic E-state index is 0.138. The maximum Gasteiger partial charge on any atom is 0.308 e. The molecule has 1 rings (SSSR count). The van der Waals surface area contributed by atoms with Gasteiger partial charge in [-0.05, 0) is 26.3 Å². The average molecular weight is 253 g/mol. The van der Waals surface area contributed by atoms with E-state index in [1.54, 1.807) is 17.7 Å². The van der Waals surface area contributed by atoms with Crippen LogP contribution >= 0.6 is 0 Å². The molecule has 0 fully saturated rings. The average Bonchev–Trinajstić information content (AvgIpc) is 2.70. The molecular formula is C12H19N3O3. The lowest BCUT2D eigenvalue weighted by Crippen LogP contribution is -2.33. The molecule has 0 saturated carbocycles. The molecule has 0 aromatic carbocycles. The Kier molecular flexibility index (Phi) is 4.88. The Morgan fingerprint density at radius 1 is 1.50 bits per heavy atom. The Morgan fingerprint density at radius 2 is 2.17 bits per heavy atom. The van der Waals surface area contributed by atoms with Crippen molar-refractivity contribution >= 4 is 11.9 Å². The van der Waals surface area contributed by atoms with Crippen molar-refractivity contribution in [2.24, 2.45) is 5.92 Å². The number of nitrogens with one attached hydrogen (secondary N) is 1. The van der Waals surface area contributed by atoms with Crippen LogP contribution in [-0.2, 0) is 11.3 Å². The van der Waals surface area contributed by atoms with Crippen LogP contribution in [0.2, 0.25) is 0 Å². The summed E-state index contributed by atoms with van der Waals surface area (Å²) < 4.78 is 1.60. The first-order valence-corrected chi connectivity index (χ1v) is 6.05. The van der Waals surface area contributed by atoms with Crippen molar-refractivity contribution in [2.45, 2.75) is 33.7 Å². The van der Waals surface area contributed by atoms with Crippen LogP contribution in [0.5, 0.6) is 0 Å². The number of aromatic nitrogens is 2. The first kappa shape index (κ1) is 14.2. The van der Waals surface area contributed by atoms with E-state index in [1.807, 2.05) is 13.8 Å². The molecule has 0 aliphatic heterocycles. The van der Waals surface area contributed by atoms with Gasteiger partial charge in [0.15, 0.2) is 0 Å². The second kappa shape index (κ2) is 6.18. The Bertz CT molecular complexity index is 440. The molecule has 1 aromatic rings. The number of carbonyl (C=O) groups excluding carboxylic acids is 1. The number of hydrogen-bond acceptors (Lipinski definition) is 3.